The van der Waals surface area contributed by atoms with Crippen molar-refractivity contribution in [3.05, 3.63) is 0 Å². The summed E-state index contributed by atoms with van der Waals surface area (Å²) >= 11 is 0. The van der Waals surface area contributed by atoms with Gasteiger partial charge in [0, 0.05) is 25.2 Å². The number of hydrogen-bond acceptors (Lipinski definition) is 3. The van der Waals surface area contributed by atoms with Crippen LogP contribution in [0.3, 0.4) is 0 Å². The Kier molecular flexibility index (Phi) is 4.33. The highest BCUT2D eigenvalue weighted by Gasteiger charge is 2.36. The third kappa shape index (κ3) is 4.37. The first-order valence-corrected chi connectivity index (χ1v) is 7.89. The fraction of sp³-hybridized carbons (Fsp3) is 0.938. The first-order valence-electron chi connectivity index (χ1n) is 7.89. The van der Waals surface area contributed by atoms with Crippen LogP contribution in [0.4, 0.5) is 4.79 Å². The molecule has 0 aromatic heterocycles. The van der Waals surface area contributed by atoms with E-state index < -0.39 is 5.60 Å². The predicted molar refractivity (Wildman–Crippen MR) is 80.8 cm³/mol. The molecule has 1 N–H and O–H groups in total. The highest BCUT2D eigenvalue weighted by Crippen LogP contribution is 2.35. The van der Waals surface area contributed by atoms with E-state index in [0.717, 1.165) is 13.1 Å². The molecule has 4 nitrogen and oxygen atoms in total. The molecule has 2 fully saturated rings. The summed E-state index contributed by atoms with van der Waals surface area (Å²) in [5, 5.41) is 3.71. The summed E-state index contributed by atoms with van der Waals surface area (Å²) in [6, 6.07) is 1.06. The van der Waals surface area contributed by atoms with Crippen molar-refractivity contribution in [1.29, 1.82) is 0 Å². The smallest absolute Gasteiger partial charge is 0.410 e. The molecule has 1 atom stereocenters. The quantitative estimate of drug-likeness (QED) is 0.846. The average Bonchev–Trinajstić information content (AvgIpc) is 2.18. The van der Waals surface area contributed by atoms with Gasteiger partial charge in [-0.05, 0) is 45.4 Å². The topological polar surface area (TPSA) is 41.6 Å². The zero-order valence-electron chi connectivity index (χ0n) is 13.7. The molecule has 1 amide bonds. The normalized spacial score (nSPS) is 27.1. The third-order valence-electron chi connectivity index (χ3n) is 4.21. The fourth-order valence-electron chi connectivity index (χ4n) is 3.23. The van der Waals surface area contributed by atoms with Crippen molar-refractivity contribution in [1.82, 2.24) is 10.2 Å². The Morgan fingerprint density at radius 3 is 2.45 bits per heavy atom. The highest BCUT2D eigenvalue weighted by atomic mass is 16.6. The number of rotatable bonds is 2. The lowest BCUT2D eigenvalue weighted by Crippen LogP contribution is -2.62. The first kappa shape index (κ1) is 15.6. The van der Waals surface area contributed by atoms with E-state index in [0.29, 0.717) is 17.5 Å². The van der Waals surface area contributed by atoms with Crippen LogP contribution >= 0.6 is 0 Å². The van der Waals surface area contributed by atoms with Gasteiger partial charge in [-0.3, -0.25) is 0 Å². The van der Waals surface area contributed by atoms with E-state index in [-0.39, 0.29) is 6.09 Å². The van der Waals surface area contributed by atoms with Gasteiger partial charge in [-0.25, -0.2) is 4.79 Å². The maximum absolute atomic E-state index is 11.9. The van der Waals surface area contributed by atoms with Gasteiger partial charge >= 0.3 is 6.09 Å². The molecule has 2 aliphatic rings. The van der Waals surface area contributed by atoms with E-state index in [1.165, 1.54) is 25.7 Å². The molecule has 2 rings (SSSR count). The Morgan fingerprint density at radius 2 is 1.90 bits per heavy atom. The molecule has 0 aromatic rings. The lowest BCUT2D eigenvalue weighted by atomic mass is 9.75. The molecule has 4 heteroatoms. The molecule has 116 valence electrons. The van der Waals surface area contributed by atoms with Gasteiger partial charge in [-0.15, -0.1) is 0 Å². The molecule has 0 spiro atoms. The second kappa shape index (κ2) is 5.55. The van der Waals surface area contributed by atoms with E-state index in [1.54, 1.807) is 4.90 Å². The van der Waals surface area contributed by atoms with E-state index in [4.69, 9.17) is 4.74 Å². The number of ether oxygens (including phenoxy) is 1. The molecule has 1 heterocycles. The number of hydrogen-bond donors (Lipinski definition) is 1. The Balaban J connectivity index is 1.70. The Labute approximate surface area is 123 Å². The van der Waals surface area contributed by atoms with Gasteiger partial charge in [-0.2, -0.15) is 0 Å². The molecule has 1 saturated heterocycles. The molecule has 1 aliphatic heterocycles. The summed E-state index contributed by atoms with van der Waals surface area (Å²) < 4.78 is 5.37. The summed E-state index contributed by atoms with van der Waals surface area (Å²) in [5.74, 6) is 0. The van der Waals surface area contributed by atoms with Crippen LogP contribution in [0, 0.1) is 5.41 Å². The van der Waals surface area contributed by atoms with Crippen molar-refractivity contribution in [3.63, 3.8) is 0 Å². The Hall–Kier alpha value is -0.770. The summed E-state index contributed by atoms with van der Waals surface area (Å²) in [6.45, 7) is 12.0. The number of carbonyl (C=O) groups is 1. The van der Waals surface area contributed by atoms with Crippen LogP contribution in [0.5, 0.6) is 0 Å². The van der Waals surface area contributed by atoms with Gasteiger partial charge in [0.2, 0.25) is 0 Å². The van der Waals surface area contributed by atoms with Crippen LogP contribution in [0.25, 0.3) is 0 Å². The minimum absolute atomic E-state index is 0.181. The molecule has 0 bridgehead atoms. The second-order valence-electron chi connectivity index (χ2n) is 8.21. The fourth-order valence-corrected chi connectivity index (χ4v) is 3.23. The molecule has 20 heavy (non-hydrogen) atoms. The molecule has 1 aliphatic carbocycles. The van der Waals surface area contributed by atoms with Crippen LogP contribution in [0.1, 0.15) is 60.3 Å². The van der Waals surface area contributed by atoms with Gasteiger partial charge < -0.3 is 15.0 Å². The SMILES string of the molecule is CC1(C)CCCC(NC2CN(C(=O)OC(C)(C)C)C2)C1. The average molecular weight is 282 g/mol. The lowest BCUT2D eigenvalue weighted by Gasteiger charge is -2.44. The van der Waals surface area contributed by atoms with Gasteiger partial charge in [0.25, 0.3) is 0 Å². The molecular weight excluding hydrogens is 252 g/mol. The van der Waals surface area contributed by atoms with Crippen LogP contribution < -0.4 is 5.32 Å². The van der Waals surface area contributed by atoms with Gasteiger partial charge in [0.05, 0.1) is 0 Å². The number of nitrogens with one attached hydrogen (secondary N) is 1. The molecule has 1 saturated carbocycles. The van der Waals surface area contributed by atoms with Crippen LogP contribution in [-0.2, 0) is 4.74 Å². The van der Waals surface area contributed by atoms with Crippen LogP contribution in [-0.4, -0.2) is 41.8 Å². The third-order valence-corrected chi connectivity index (χ3v) is 4.21. The molecular formula is C16H30N2O2. The Morgan fingerprint density at radius 1 is 1.25 bits per heavy atom. The van der Waals surface area contributed by atoms with Gasteiger partial charge in [-0.1, -0.05) is 20.3 Å². The van der Waals surface area contributed by atoms with E-state index in [1.807, 2.05) is 20.8 Å². The van der Waals surface area contributed by atoms with Gasteiger partial charge in [0.15, 0.2) is 0 Å². The van der Waals surface area contributed by atoms with E-state index >= 15 is 0 Å². The summed E-state index contributed by atoms with van der Waals surface area (Å²) in [6.07, 6.45) is 4.98. The van der Waals surface area contributed by atoms with E-state index in [2.05, 4.69) is 19.2 Å². The summed E-state index contributed by atoms with van der Waals surface area (Å²) in [5.41, 5.74) is 0.0630. The first-order chi connectivity index (χ1) is 9.15. The van der Waals surface area contributed by atoms with Crippen LogP contribution in [0.15, 0.2) is 0 Å². The summed E-state index contributed by atoms with van der Waals surface area (Å²) in [7, 11) is 0. The monoisotopic (exact) mass is 282 g/mol. The minimum Gasteiger partial charge on any atom is -0.444 e. The van der Waals surface area contributed by atoms with Crippen molar-refractivity contribution < 1.29 is 9.53 Å². The predicted octanol–water partition coefficient (Wildman–Crippen LogP) is 3.16. The molecule has 1 unspecified atom stereocenters. The van der Waals surface area contributed by atoms with E-state index in [9.17, 15) is 4.79 Å². The van der Waals surface area contributed by atoms with Crippen molar-refractivity contribution in [3.8, 4) is 0 Å². The van der Waals surface area contributed by atoms with Crippen LogP contribution in [0.2, 0.25) is 0 Å². The van der Waals surface area contributed by atoms with Crippen molar-refractivity contribution in [2.45, 2.75) is 78.0 Å². The summed E-state index contributed by atoms with van der Waals surface area (Å²) in [4.78, 5) is 13.6. The van der Waals surface area contributed by atoms with Crippen molar-refractivity contribution in [2.24, 2.45) is 5.41 Å². The molecule has 0 aromatic carbocycles. The number of carbonyl (C=O) groups excluding carboxylic acids is 1. The van der Waals surface area contributed by atoms with Crippen molar-refractivity contribution >= 4 is 6.09 Å². The molecule has 0 radical (unpaired) electrons. The minimum atomic E-state index is -0.400. The Bertz CT molecular complexity index is 354. The zero-order valence-corrected chi connectivity index (χ0v) is 13.7. The van der Waals surface area contributed by atoms with Gasteiger partial charge in [0.1, 0.15) is 5.60 Å². The van der Waals surface area contributed by atoms with Crippen molar-refractivity contribution in [2.75, 3.05) is 13.1 Å². The highest BCUT2D eigenvalue weighted by molar-refractivity contribution is 5.69. The number of amides is 1. The largest absolute Gasteiger partial charge is 0.444 e. The number of nitrogens with zero attached hydrogens (tertiary/aromatic N) is 1. The standard InChI is InChI=1S/C16H30N2O2/c1-15(2,3)20-14(19)18-10-13(11-18)17-12-7-6-8-16(4,5)9-12/h12-13,17H,6-11H2,1-5H3. The maximum Gasteiger partial charge on any atom is 0.410 e. The second-order valence-corrected chi connectivity index (χ2v) is 8.21. The maximum atomic E-state index is 11.9. The lowest BCUT2D eigenvalue weighted by molar-refractivity contribution is 0.00265. The number of likely N-dealkylation sites (tertiary alicyclic amines) is 1. The zero-order chi connectivity index (χ0) is 15.0.